The van der Waals surface area contributed by atoms with E-state index in [1.807, 2.05) is 19.0 Å². The van der Waals surface area contributed by atoms with Crippen LogP contribution in [0.15, 0.2) is 0 Å². The van der Waals surface area contributed by atoms with Gasteiger partial charge < -0.3 is 15.3 Å². The van der Waals surface area contributed by atoms with E-state index in [0.29, 0.717) is 6.04 Å². The molecule has 2 N–H and O–H groups in total. The van der Waals surface area contributed by atoms with Crippen molar-refractivity contribution in [3.05, 3.63) is 0 Å². The molecule has 1 aliphatic carbocycles. The molecule has 0 radical (unpaired) electrons. The largest absolute Gasteiger partial charge is 0.390 e. The fraction of sp³-hybridized carbons (Fsp3) is 1.00. The summed E-state index contributed by atoms with van der Waals surface area (Å²) in [4.78, 5) is 2.03. The van der Waals surface area contributed by atoms with Gasteiger partial charge in [0, 0.05) is 19.1 Å². The van der Waals surface area contributed by atoms with Gasteiger partial charge in [0.25, 0.3) is 0 Å². The molecule has 0 bridgehead atoms. The summed E-state index contributed by atoms with van der Waals surface area (Å²) < 4.78 is 0. The van der Waals surface area contributed by atoms with Gasteiger partial charge in [0.2, 0.25) is 0 Å². The number of aliphatic hydroxyl groups is 1. The predicted molar refractivity (Wildman–Crippen MR) is 64.0 cm³/mol. The summed E-state index contributed by atoms with van der Waals surface area (Å²) in [5.41, 5.74) is 0. The van der Waals surface area contributed by atoms with Gasteiger partial charge in [0.05, 0.1) is 6.10 Å². The van der Waals surface area contributed by atoms with Crippen LogP contribution in [-0.2, 0) is 0 Å². The third-order valence-electron chi connectivity index (χ3n) is 3.38. The molecule has 3 nitrogen and oxygen atoms in total. The third kappa shape index (κ3) is 4.49. The van der Waals surface area contributed by atoms with Gasteiger partial charge in [-0.1, -0.05) is 19.8 Å². The molecule has 0 amide bonds. The van der Waals surface area contributed by atoms with Gasteiger partial charge in [-0.15, -0.1) is 0 Å². The van der Waals surface area contributed by atoms with E-state index in [1.165, 1.54) is 25.7 Å². The zero-order valence-electron chi connectivity index (χ0n) is 10.4. The normalized spacial score (nSPS) is 28.6. The van der Waals surface area contributed by atoms with E-state index in [4.69, 9.17) is 0 Å². The monoisotopic (exact) mass is 214 g/mol. The second-order valence-electron chi connectivity index (χ2n) is 5.03. The van der Waals surface area contributed by atoms with Gasteiger partial charge in [0.15, 0.2) is 0 Å². The summed E-state index contributed by atoms with van der Waals surface area (Å²) in [6.45, 7) is 3.75. The van der Waals surface area contributed by atoms with Crippen LogP contribution >= 0.6 is 0 Å². The lowest BCUT2D eigenvalue weighted by Gasteiger charge is -2.23. The quantitative estimate of drug-likeness (QED) is 0.694. The van der Waals surface area contributed by atoms with E-state index in [0.717, 1.165) is 19.0 Å². The summed E-state index contributed by atoms with van der Waals surface area (Å²) in [6.07, 6.45) is 5.02. The maximum absolute atomic E-state index is 9.73. The van der Waals surface area contributed by atoms with Crippen LogP contribution in [0.1, 0.15) is 32.6 Å². The first-order valence-corrected chi connectivity index (χ1v) is 6.19. The number of hydrogen-bond acceptors (Lipinski definition) is 3. The van der Waals surface area contributed by atoms with Crippen LogP contribution in [0.2, 0.25) is 0 Å². The summed E-state index contributed by atoms with van der Waals surface area (Å²) in [7, 11) is 3.99. The lowest BCUT2D eigenvalue weighted by atomic mass is 10.0. The van der Waals surface area contributed by atoms with Gasteiger partial charge in [-0.3, -0.25) is 0 Å². The van der Waals surface area contributed by atoms with Crippen molar-refractivity contribution >= 4 is 0 Å². The molecule has 90 valence electrons. The molecular weight excluding hydrogens is 188 g/mol. The molecule has 0 saturated heterocycles. The third-order valence-corrected chi connectivity index (χ3v) is 3.38. The van der Waals surface area contributed by atoms with E-state index in [-0.39, 0.29) is 6.10 Å². The zero-order valence-corrected chi connectivity index (χ0v) is 10.4. The molecule has 1 aliphatic rings. The highest BCUT2D eigenvalue weighted by Gasteiger charge is 2.25. The molecule has 0 aromatic heterocycles. The molecular formula is C12H26N2O. The van der Waals surface area contributed by atoms with Crippen molar-refractivity contribution in [2.75, 3.05) is 27.2 Å². The second kappa shape index (κ2) is 6.46. The van der Waals surface area contributed by atoms with Crippen molar-refractivity contribution in [3.63, 3.8) is 0 Å². The van der Waals surface area contributed by atoms with Gasteiger partial charge >= 0.3 is 0 Å². The smallest absolute Gasteiger partial charge is 0.0791 e. The van der Waals surface area contributed by atoms with Crippen molar-refractivity contribution in [2.45, 2.75) is 44.8 Å². The van der Waals surface area contributed by atoms with E-state index in [1.54, 1.807) is 0 Å². The molecule has 15 heavy (non-hydrogen) atoms. The van der Waals surface area contributed by atoms with Gasteiger partial charge in [0.1, 0.15) is 0 Å². The van der Waals surface area contributed by atoms with E-state index >= 15 is 0 Å². The van der Waals surface area contributed by atoms with Crippen molar-refractivity contribution < 1.29 is 5.11 Å². The van der Waals surface area contributed by atoms with E-state index in [9.17, 15) is 5.11 Å². The van der Waals surface area contributed by atoms with Crippen molar-refractivity contribution in [1.29, 1.82) is 0 Å². The van der Waals surface area contributed by atoms with Gasteiger partial charge in [-0.25, -0.2) is 0 Å². The number of likely N-dealkylation sites (N-methyl/N-ethyl adjacent to an activating group) is 1. The summed E-state index contributed by atoms with van der Waals surface area (Å²) in [5, 5.41) is 13.2. The summed E-state index contributed by atoms with van der Waals surface area (Å²) in [6, 6.07) is 0.645. The molecule has 0 spiro atoms. The molecule has 0 aromatic carbocycles. The lowest BCUT2D eigenvalue weighted by Crippen LogP contribution is -2.41. The van der Waals surface area contributed by atoms with E-state index < -0.39 is 0 Å². The fourth-order valence-corrected chi connectivity index (χ4v) is 2.57. The number of hydrogen-bond donors (Lipinski definition) is 2. The molecule has 1 saturated carbocycles. The Morgan fingerprint density at radius 1 is 1.40 bits per heavy atom. The molecule has 3 unspecified atom stereocenters. The first kappa shape index (κ1) is 12.9. The Morgan fingerprint density at radius 2 is 2.13 bits per heavy atom. The standard InChI is InChI=1S/C12H26N2O/c1-4-10-6-5-7-12(10)13-8-11(15)9-14(2)3/h10-13,15H,4-9H2,1-3H3. The minimum atomic E-state index is -0.238. The van der Waals surface area contributed by atoms with Gasteiger partial charge in [-0.2, -0.15) is 0 Å². The highest BCUT2D eigenvalue weighted by Crippen LogP contribution is 2.27. The molecule has 0 aliphatic heterocycles. The van der Waals surface area contributed by atoms with E-state index in [2.05, 4.69) is 12.2 Å². The predicted octanol–water partition coefficient (Wildman–Crippen LogP) is 1.08. The number of rotatable bonds is 6. The number of nitrogens with one attached hydrogen (secondary N) is 1. The summed E-state index contributed by atoms with van der Waals surface area (Å²) in [5.74, 6) is 0.830. The minimum Gasteiger partial charge on any atom is -0.390 e. The molecule has 3 heteroatoms. The Bertz CT molecular complexity index is 173. The lowest BCUT2D eigenvalue weighted by molar-refractivity contribution is 0.129. The Morgan fingerprint density at radius 3 is 2.73 bits per heavy atom. The maximum atomic E-state index is 9.73. The van der Waals surface area contributed by atoms with Crippen LogP contribution in [0.25, 0.3) is 0 Å². The van der Waals surface area contributed by atoms with Crippen LogP contribution < -0.4 is 5.32 Å². The maximum Gasteiger partial charge on any atom is 0.0791 e. The Kier molecular flexibility index (Phi) is 5.58. The molecule has 1 rings (SSSR count). The molecule has 1 fully saturated rings. The van der Waals surface area contributed by atoms with Crippen LogP contribution in [0.3, 0.4) is 0 Å². The average molecular weight is 214 g/mol. The van der Waals surface area contributed by atoms with Crippen molar-refractivity contribution in [2.24, 2.45) is 5.92 Å². The average Bonchev–Trinajstić information content (AvgIpc) is 2.60. The molecule has 0 aromatic rings. The fourth-order valence-electron chi connectivity index (χ4n) is 2.57. The van der Waals surface area contributed by atoms with Crippen LogP contribution in [0.4, 0.5) is 0 Å². The molecule has 3 atom stereocenters. The highest BCUT2D eigenvalue weighted by molar-refractivity contribution is 4.83. The van der Waals surface area contributed by atoms with Crippen molar-refractivity contribution in [1.82, 2.24) is 10.2 Å². The first-order valence-electron chi connectivity index (χ1n) is 6.19. The highest BCUT2D eigenvalue weighted by atomic mass is 16.3. The van der Waals surface area contributed by atoms with Gasteiger partial charge in [-0.05, 0) is 32.9 Å². The Balaban J connectivity index is 2.18. The Hall–Kier alpha value is -0.120. The van der Waals surface area contributed by atoms with Crippen molar-refractivity contribution in [3.8, 4) is 0 Å². The minimum absolute atomic E-state index is 0.238. The van der Waals surface area contributed by atoms with Crippen LogP contribution in [0.5, 0.6) is 0 Å². The summed E-state index contributed by atoms with van der Waals surface area (Å²) >= 11 is 0. The van der Waals surface area contributed by atoms with Crippen LogP contribution in [-0.4, -0.2) is 49.3 Å². The first-order chi connectivity index (χ1) is 7.13. The topological polar surface area (TPSA) is 35.5 Å². The van der Waals surface area contributed by atoms with Crippen LogP contribution in [0, 0.1) is 5.92 Å². The second-order valence-corrected chi connectivity index (χ2v) is 5.03. The SMILES string of the molecule is CCC1CCCC1NCC(O)CN(C)C. The Labute approximate surface area is 93.9 Å². The zero-order chi connectivity index (χ0) is 11.3. The number of nitrogens with zero attached hydrogens (tertiary/aromatic N) is 1. The molecule has 0 heterocycles. The number of aliphatic hydroxyl groups excluding tert-OH is 1.